The highest BCUT2D eigenvalue weighted by Crippen LogP contribution is 2.16. The van der Waals surface area contributed by atoms with Crippen LogP contribution in [0.25, 0.3) is 0 Å². The topological polar surface area (TPSA) is 32.3 Å². The van der Waals surface area contributed by atoms with Crippen LogP contribution in [-0.4, -0.2) is 49.0 Å². The third-order valence-corrected chi connectivity index (χ3v) is 3.36. The van der Waals surface area contributed by atoms with Gasteiger partial charge in [-0.05, 0) is 12.2 Å². The third-order valence-electron chi connectivity index (χ3n) is 2.20. The molecule has 0 aliphatic carbocycles. The predicted octanol–water partition coefficient (Wildman–Crippen LogP) is 0.560. The number of nitrogens with one attached hydrogen (secondary N) is 1. The molecule has 1 N–H and O–H groups in total. The lowest BCUT2D eigenvalue weighted by molar-refractivity contribution is -0.128. The first-order chi connectivity index (χ1) is 6.20. The summed E-state index contributed by atoms with van der Waals surface area (Å²) in [5.74, 6) is 2.67. The van der Waals surface area contributed by atoms with Crippen LogP contribution in [0, 0.1) is 0 Å². The van der Waals surface area contributed by atoms with Gasteiger partial charge in [-0.15, -0.1) is 0 Å². The maximum absolute atomic E-state index is 11.2. The number of nitrogens with zero attached hydrogens (tertiary/aromatic N) is 1. The minimum Gasteiger partial charge on any atom is -0.349 e. The lowest BCUT2D eigenvalue weighted by Gasteiger charge is -2.13. The number of rotatable bonds is 4. The van der Waals surface area contributed by atoms with Gasteiger partial charge < -0.3 is 10.2 Å². The van der Waals surface area contributed by atoms with E-state index in [9.17, 15) is 4.79 Å². The van der Waals surface area contributed by atoms with Crippen molar-refractivity contribution in [3.8, 4) is 0 Å². The van der Waals surface area contributed by atoms with Crippen LogP contribution in [0.15, 0.2) is 0 Å². The summed E-state index contributed by atoms with van der Waals surface area (Å²) in [4.78, 5) is 12.8. The Morgan fingerprint density at radius 3 is 2.92 bits per heavy atom. The number of carbonyl (C=O) groups excluding carboxylic acids is 1. The van der Waals surface area contributed by atoms with Crippen LogP contribution in [0.4, 0.5) is 0 Å². The minimum atomic E-state index is 0.207. The maximum atomic E-state index is 11.2. The molecule has 0 radical (unpaired) electrons. The smallest absolute Gasteiger partial charge is 0.223 e. The number of hydrogen-bond donors (Lipinski definition) is 1. The molecular formula is C9H18N2OS. The quantitative estimate of drug-likeness (QED) is 0.723. The molecule has 1 unspecified atom stereocenters. The SMILES string of the molecule is CN(C)C(=O)CCNC1CCSC1. The van der Waals surface area contributed by atoms with E-state index in [2.05, 4.69) is 5.32 Å². The third kappa shape index (κ3) is 4.00. The van der Waals surface area contributed by atoms with Crippen molar-refractivity contribution in [2.45, 2.75) is 18.9 Å². The van der Waals surface area contributed by atoms with E-state index < -0.39 is 0 Å². The fourth-order valence-electron chi connectivity index (χ4n) is 1.30. The van der Waals surface area contributed by atoms with Gasteiger partial charge in [0.25, 0.3) is 0 Å². The van der Waals surface area contributed by atoms with E-state index in [4.69, 9.17) is 0 Å². The van der Waals surface area contributed by atoms with Gasteiger partial charge in [-0.3, -0.25) is 4.79 Å². The molecule has 0 saturated carbocycles. The highest BCUT2D eigenvalue weighted by Gasteiger charge is 2.14. The highest BCUT2D eigenvalue weighted by atomic mass is 32.2. The Morgan fingerprint density at radius 2 is 2.38 bits per heavy atom. The molecule has 0 bridgehead atoms. The van der Waals surface area contributed by atoms with Gasteiger partial charge in [-0.1, -0.05) is 0 Å². The molecule has 1 fully saturated rings. The second kappa shape index (κ2) is 5.50. The monoisotopic (exact) mass is 202 g/mol. The molecule has 1 heterocycles. The summed E-state index contributed by atoms with van der Waals surface area (Å²) in [5, 5.41) is 3.40. The van der Waals surface area contributed by atoms with E-state index >= 15 is 0 Å². The minimum absolute atomic E-state index is 0.207. The van der Waals surface area contributed by atoms with Gasteiger partial charge in [-0.2, -0.15) is 11.8 Å². The summed E-state index contributed by atoms with van der Waals surface area (Å²) in [6, 6.07) is 0.639. The molecule has 1 aliphatic heterocycles. The highest BCUT2D eigenvalue weighted by molar-refractivity contribution is 7.99. The second-order valence-corrected chi connectivity index (χ2v) is 4.70. The average molecular weight is 202 g/mol. The predicted molar refractivity (Wildman–Crippen MR) is 57.0 cm³/mol. The second-order valence-electron chi connectivity index (χ2n) is 3.55. The van der Waals surface area contributed by atoms with Crippen molar-refractivity contribution in [2.75, 3.05) is 32.1 Å². The van der Waals surface area contributed by atoms with Crippen molar-refractivity contribution in [2.24, 2.45) is 0 Å². The zero-order valence-corrected chi connectivity index (χ0v) is 9.19. The van der Waals surface area contributed by atoms with Crippen LogP contribution in [0.5, 0.6) is 0 Å². The van der Waals surface area contributed by atoms with Gasteiger partial charge >= 0.3 is 0 Å². The van der Waals surface area contributed by atoms with Crippen LogP contribution >= 0.6 is 11.8 Å². The van der Waals surface area contributed by atoms with Gasteiger partial charge in [0.05, 0.1) is 0 Å². The molecule has 0 aromatic carbocycles. The Hall–Kier alpha value is -0.220. The fourth-order valence-corrected chi connectivity index (χ4v) is 2.49. The van der Waals surface area contributed by atoms with Crippen molar-refractivity contribution in [1.82, 2.24) is 10.2 Å². The van der Waals surface area contributed by atoms with Crippen molar-refractivity contribution in [1.29, 1.82) is 0 Å². The summed E-state index contributed by atoms with van der Waals surface area (Å²) < 4.78 is 0. The Balaban J connectivity index is 2.03. The lowest BCUT2D eigenvalue weighted by Crippen LogP contribution is -2.33. The van der Waals surface area contributed by atoms with E-state index in [0.717, 1.165) is 6.54 Å². The van der Waals surface area contributed by atoms with Crippen LogP contribution in [0.2, 0.25) is 0 Å². The molecule has 1 rings (SSSR count). The molecule has 1 amide bonds. The van der Waals surface area contributed by atoms with Crippen LogP contribution in [0.1, 0.15) is 12.8 Å². The standard InChI is InChI=1S/C9H18N2OS/c1-11(2)9(12)3-5-10-8-4-6-13-7-8/h8,10H,3-7H2,1-2H3. The molecule has 0 spiro atoms. The van der Waals surface area contributed by atoms with E-state index in [1.807, 2.05) is 11.8 Å². The van der Waals surface area contributed by atoms with Gasteiger partial charge in [0.1, 0.15) is 0 Å². The summed E-state index contributed by atoms with van der Waals surface area (Å²) >= 11 is 1.99. The van der Waals surface area contributed by atoms with Crippen molar-refractivity contribution >= 4 is 17.7 Å². The largest absolute Gasteiger partial charge is 0.349 e. The van der Waals surface area contributed by atoms with Crippen LogP contribution in [0.3, 0.4) is 0 Å². The number of hydrogen-bond acceptors (Lipinski definition) is 3. The van der Waals surface area contributed by atoms with Gasteiger partial charge in [0, 0.05) is 38.9 Å². The first-order valence-electron chi connectivity index (χ1n) is 4.71. The number of thioether (sulfide) groups is 1. The lowest BCUT2D eigenvalue weighted by atomic mass is 10.2. The maximum Gasteiger partial charge on any atom is 0.223 e. The van der Waals surface area contributed by atoms with E-state index in [-0.39, 0.29) is 5.91 Å². The molecule has 1 saturated heterocycles. The van der Waals surface area contributed by atoms with Gasteiger partial charge in [-0.25, -0.2) is 0 Å². The number of amides is 1. The van der Waals surface area contributed by atoms with Crippen LogP contribution < -0.4 is 5.32 Å². The summed E-state index contributed by atoms with van der Waals surface area (Å²) in [6.45, 7) is 0.822. The summed E-state index contributed by atoms with van der Waals surface area (Å²) in [7, 11) is 3.60. The molecular weight excluding hydrogens is 184 g/mol. The molecule has 0 aromatic rings. The van der Waals surface area contributed by atoms with Crippen molar-refractivity contribution in [3.63, 3.8) is 0 Å². The molecule has 1 atom stereocenters. The van der Waals surface area contributed by atoms with Gasteiger partial charge in [0.2, 0.25) is 5.91 Å². The molecule has 76 valence electrons. The Morgan fingerprint density at radius 1 is 1.62 bits per heavy atom. The Kier molecular flexibility index (Phi) is 4.59. The Labute approximate surface area is 84.2 Å². The van der Waals surface area contributed by atoms with Crippen molar-refractivity contribution < 1.29 is 4.79 Å². The Bertz CT molecular complexity index is 167. The number of carbonyl (C=O) groups is 1. The first-order valence-corrected chi connectivity index (χ1v) is 5.87. The van der Waals surface area contributed by atoms with Gasteiger partial charge in [0.15, 0.2) is 0 Å². The average Bonchev–Trinajstić information content (AvgIpc) is 2.56. The molecule has 1 aliphatic rings. The molecule has 13 heavy (non-hydrogen) atoms. The zero-order valence-electron chi connectivity index (χ0n) is 8.38. The molecule has 4 heteroatoms. The summed E-state index contributed by atoms with van der Waals surface area (Å²) in [6.07, 6.45) is 1.87. The van der Waals surface area contributed by atoms with E-state index in [1.54, 1.807) is 19.0 Å². The zero-order chi connectivity index (χ0) is 9.68. The molecule has 0 aromatic heterocycles. The first kappa shape index (κ1) is 10.9. The van der Waals surface area contributed by atoms with E-state index in [0.29, 0.717) is 12.5 Å². The fraction of sp³-hybridized carbons (Fsp3) is 0.889. The van der Waals surface area contributed by atoms with Crippen LogP contribution in [-0.2, 0) is 4.79 Å². The summed E-state index contributed by atoms with van der Waals surface area (Å²) in [5.41, 5.74) is 0. The normalized spacial score (nSPS) is 21.8. The molecule has 3 nitrogen and oxygen atoms in total. The van der Waals surface area contributed by atoms with Crippen molar-refractivity contribution in [3.05, 3.63) is 0 Å². The van der Waals surface area contributed by atoms with E-state index in [1.165, 1.54) is 17.9 Å².